The van der Waals surface area contributed by atoms with Crippen molar-refractivity contribution in [2.75, 3.05) is 9.80 Å². The van der Waals surface area contributed by atoms with Gasteiger partial charge in [-0.05, 0) is 122 Å². The van der Waals surface area contributed by atoms with Crippen molar-refractivity contribution in [1.82, 2.24) is 0 Å². The zero-order valence-electron chi connectivity index (χ0n) is 34.0. The first kappa shape index (κ1) is 36.7. The van der Waals surface area contributed by atoms with Crippen molar-refractivity contribution < 1.29 is 0 Å². The van der Waals surface area contributed by atoms with E-state index >= 15 is 0 Å². The lowest BCUT2D eigenvalue weighted by atomic mass is 9.83. The molecule has 0 fully saturated rings. The molecule has 0 atom stereocenters. The highest BCUT2D eigenvalue weighted by Gasteiger charge is 2.26. The molecule has 0 aromatic heterocycles. The van der Waals surface area contributed by atoms with Gasteiger partial charge in [0, 0.05) is 38.9 Å². The Labute approximate surface area is 323 Å². The molecule has 8 aromatic rings. The Morgan fingerprint density at radius 2 is 0.759 bits per heavy atom. The summed E-state index contributed by atoms with van der Waals surface area (Å²) in [7, 11) is 0. The molecule has 0 aliphatic heterocycles. The zero-order valence-corrected chi connectivity index (χ0v) is 34.0. The zero-order chi connectivity index (χ0) is 38.5. The summed E-state index contributed by atoms with van der Waals surface area (Å²) >= 11 is 0. The van der Waals surface area contributed by atoms with Crippen LogP contribution in [-0.2, 0) is 5.41 Å². The molecule has 8 rings (SSSR count). The molecule has 2 nitrogen and oxygen atoms in total. The van der Waals surface area contributed by atoms with Gasteiger partial charge in [-0.1, -0.05) is 142 Å². The van der Waals surface area contributed by atoms with Gasteiger partial charge in [-0.25, -0.2) is 0 Å². The van der Waals surface area contributed by atoms with Crippen LogP contribution < -0.4 is 9.80 Å². The van der Waals surface area contributed by atoms with E-state index in [1.807, 2.05) is 13.8 Å². The predicted octanol–water partition coefficient (Wildman–Crippen LogP) is 15.7. The van der Waals surface area contributed by atoms with Gasteiger partial charge in [0.05, 0.1) is 11.4 Å². The van der Waals surface area contributed by atoms with E-state index in [1.54, 1.807) is 0 Å². The van der Waals surface area contributed by atoms with Crippen LogP contribution >= 0.6 is 0 Å². The van der Waals surface area contributed by atoms with Gasteiger partial charge in [0.25, 0.3) is 0 Å². The second kappa shape index (κ2) is 14.3. The van der Waals surface area contributed by atoms with Crippen LogP contribution in [0.5, 0.6) is 0 Å². The van der Waals surface area contributed by atoms with Gasteiger partial charge in [0.1, 0.15) is 0 Å². The lowest BCUT2D eigenvalue weighted by Crippen LogP contribution is -2.16. The van der Waals surface area contributed by atoms with Gasteiger partial charge in [-0.15, -0.1) is 0 Å². The summed E-state index contributed by atoms with van der Waals surface area (Å²) in [6, 6.07) is 48.3. The van der Waals surface area contributed by atoms with Crippen LogP contribution in [0.1, 0.15) is 73.6 Å². The van der Waals surface area contributed by atoms with Crippen LogP contribution in [0, 0.1) is 41.5 Å². The molecule has 0 radical (unpaired) electrons. The minimum absolute atomic E-state index is 0.0389. The number of nitrogens with zero attached hydrogens (tertiary/aromatic N) is 2. The Kier molecular flexibility index (Phi) is 9.75. The second-order valence-electron chi connectivity index (χ2n) is 16.0. The van der Waals surface area contributed by atoms with E-state index in [0.29, 0.717) is 0 Å². The Morgan fingerprint density at radius 3 is 1.13 bits per heavy atom. The van der Waals surface area contributed by atoms with Crippen molar-refractivity contribution in [2.45, 2.75) is 81.6 Å². The monoisotopic (exact) mass is 706 g/mol. The summed E-state index contributed by atoms with van der Waals surface area (Å²) in [6.07, 6.45) is 0. The van der Waals surface area contributed by atoms with Crippen molar-refractivity contribution in [3.63, 3.8) is 0 Å². The van der Waals surface area contributed by atoms with Gasteiger partial charge in [-0.3, -0.25) is 0 Å². The molecule has 0 saturated carbocycles. The molecular formula is C52H54N2. The van der Waals surface area contributed by atoms with Crippen LogP contribution in [0.15, 0.2) is 127 Å². The molecule has 0 aliphatic carbocycles. The summed E-state index contributed by atoms with van der Waals surface area (Å²) < 4.78 is 0. The molecule has 0 bridgehead atoms. The predicted molar refractivity (Wildman–Crippen MR) is 238 cm³/mol. The standard InChI is InChI=1S/C50H48N2.C2H6/c1-31-10-18-40(19-11-31)51(44-24-14-33(3)26-35(44)5)46-30-47(52(41-20-12-32(2)13-21-41)45-25-15-34(4)27-36(45)6)43-23-17-38-29-39(50(7,8)9)28-37-16-22-42(46)49(43)48(37)38;1-2/h10-30H,1-9H3;1-2H3. The fourth-order valence-electron chi connectivity index (χ4n) is 8.00. The molecule has 2 heteroatoms. The number of anilines is 6. The van der Waals surface area contributed by atoms with Crippen molar-refractivity contribution in [2.24, 2.45) is 0 Å². The second-order valence-corrected chi connectivity index (χ2v) is 16.0. The highest BCUT2D eigenvalue weighted by atomic mass is 15.2. The van der Waals surface area contributed by atoms with Crippen LogP contribution in [-0.4, -0.2) is 0 Å². The molecule has 0 amide bonds. The fraction of sp³-hybridized carbons (Fsp3) is 0.231. The number of hydrogen-bond acceptors (Lipinski definition) is 2. The molecule has 8 aromatic carbocycles. The van der Waals surface area contributed by atoms with E-state index in [9.17, 15) is 0 Å². The van der Waals surface area contributed by atoms with Gasteiger partial charge >= 0.3 is 0 Å². The van der Waals surface area contributed by atoms with E-state index in [1.165, 1.54) is 82.6 Å². The Hall–Kier alpha value is -5.60. The largest absolute Gasteiger partial charge is 0.310 e. The van der Waals surface area contributed by atoms with Crippen molar-refractivity contribution in [1.29, 1.82) is 0 Å². The third-order valence-electron chi connectivity index (χ3n) is 10.8. The average molecular weight is 707 g/mol. The molecule has 0 spiro atoms. The number of benzene rings is 8. The quantitative estimate of drug-likeness (QED) is 0.159. The molecule has 0 aliphatic rings. The first-order chi connectivity index (χ1) is 25.9. The molecule has 0 heterocycles. The third-order valence-corrected chi connectivity index (χ3v) is 10.8. The normalized spacial score (nSPS) is 11.6. The molecular weight excluding hydrogens is 653 g/mol. The molecule has 0 N–H and O–H groups in total. The van der Waals surface area contributed by atoms with Crippen LogP contribution in [0.25, 0.3) is 32.3 Å². The summed E-state index contributed by atoms with van der Waals surface area (Å²) in [6.45, 7) is 24.1. The van der Waals surface area contributed by atoms with Gasteiger partial charge in [0.2, 0.25) is 0 Å². The van der Waals surface area contributed by atoms with Crippen LogP contribution in [0.2, 0.25) is 0 Å². The highest BCUT2D eigenvalue weighted by Crippen LogP contribution is 2.51. The molecule has 272 valence electrons. The van der Waals surface area contributed by atoms with Gasteiger partial charge < -0.3 is 9.80 Å². The lowest BCUT2D eigenvalue weighted by molar-refractivity contribution is 0.591. The van der Waals surface area contributed by atoms with Gasteiger partial charge in [0.15, 0.2) is 0 Å². The maximum Gasteiger partial charge on any atom is 0.0561 e. The number of hydrogen-bond donors (Lipinski definition) is 0. The lowest BCUT2D eigenvalue weighted by Gasteiger charge is -2.33. The Balaban J connectivity index is 0.00000221. The summed E-state index contributed by atoms with van der Waals surface area (Å²) in [5, 5.41) is 7.67. The molecule has 0 unspecified atom stereocenters. The number of rotatable bonds is 6. The van der Waals surface area contributed by atoms with E-state index in [4.69, 9.17) is 0 Å². The van der Waals surface area contributed by atoms with Crippen LogP contribution in [0.3, 0.4) is 0 Å². The summed E-state index contributed by atoms with van der Waals surface area (Å²) in [5.74, 6) is 0. The van der Waals surface area contributed by atoms with Crippen molar-refractivity contribution in [3.05, 3.63) is 166 Å². The van der Waals surface area contributed by atoms with Crippen LogP contribution in [0.4, 0.5) is 34.1 Å². The Bertz CT molecular complexity index is 2430. The van der Waals surface area contributed by atoms with E-state index < -0.39 is 0 Å². The fourth-order valence-corrected chi connectivity index (χ4v) is 8.00. The summed E-state index contributed by atoms with van der Waals surface area (Å²) in [5.41, 5.74) is 15.9. The smallest absolute Gasteiger partial charge is 0.0561 e. The van der Waals surface area contributed by atoms with E-state index in [2.05, 4.69) is 200 Å². The van der Waals surface area contributed by atoms with E-state index in [-0.39, 0.29) is 5.41 Å². The van der Waals surface area contributed by atoms with Crippen molar-refractivity contribution in [3.8, 4) is 0 Å². The average Bonchev–Trinajstić information content (AvgIpc) is 3.14. The molecule has 0 saturated heterocycles. The SMILES string of the molecule is CC.Cc1ccc(N(c2ccc(C)cc2C)c2cc(N(c3ccc(C)cc3)c3ccc(C)cc3C)c3ccc4cc(C(C)(C)C)cc5ccc2c3c54)cc1. The van der Waals surface area contributed by atoms with Gasteiger partial charge in [-0.2, -0.15) is 0 Å². The van der Waals surface area contributed by atoms with E-state index in [0.717, 1.165) is 22.7 Å². The van der Waals surface area contributed by atoms with Crippen molar-refractivity contribution >= 4 is 66.4 Å². The topological polar surface area (TPSA) is 6.48 Å². The number of aryl methyl sites for hydroxylation is 6. The minimum Gasteiger partial charge on any atom is -0.310 e. The first-order valence-electron chi connectivity index (χ1n) is 19.5. The highest BCUT2D eigenvalue weighted by molar-refractivity contribution is 6.29. The summed E-state index contributed by atoms with van der Waals surface area (Å²) in [4.78, 5) is 4.97. The maximum atomic E-state index is 2.49. The Morgan fingerprint density at radius 1 is 0.370 bits per heavy atom. The third kappa shape index (κ3) is 6.60. The first-order valence-corrected chi connectivity index (χ1v) is 19.5. The maximum absolute atomic E-state index is 2.49. The molecule has 54 heavy (non-hydrogen) atoms. The minimum atomic E-state index is 0.0389.